The Bertz CT molecular complexity index is 1150. The Morgan fingerprint density at radius 3 is 2.67 bits per heavy atom. The number of para-hydroxylation sites is 1. The molecule has 156 valence electrons. The highest BCUT2D eigenvalue weighted by Gasteiger charge is 2.30. The van der Waals surface area contributed by atoms with Crippen LogP contribution in [0.15, 0.2) is 64.9 Å². The van der Waals surface area contributed by atoms with Crippen LogP contribution in [-0.2, 0) is 10.0 Å². The van der Waals surface area contributed by atoms with E-state index >= 15 is 0 Å². The third kappa shape index (κ3) is 4.47. The zero-order valence-corrected chi connectivity index (χ0v) is 17.9. The van der Waals surface area contributed by atoms with E-state index in [4.69, 9.17) is 4.74 Å². The van der Waals surface area contributed by atoms with Crippen LogP contribution in [0.25, 0.3) is 0 Å². The second-order valence-corrected chi connectivity index (χ2v) is 9.54. The Morgan fingerprint density at radius 2 is 1.90 bits per heavy atom. The number of likely N-dealkylation sites (tertiary alicyclic amines) is 1. The van der Waals surface area contributed by atoms with Crippen LogP contribution in [0.2, 0.25) is 0 Å². The Kier molecular flexibility index (Phi) is 5.74. The van der Waals surface area contributed by atoms with Gasteiger partial charge in [0.05, 0.1) is 11.4 Å². The van der Waals surface area contributed by atoms with Gasteiger partial charge in [0.1, 0.15) is 17.5 Å². The van der Waals surface area contributed by atoms with Gasteiger partial charge < -0.3 is 9.64 Å². The minimum absolute atomic E-state index is 0.0789. The molecule has 1 atom stereocenters. The zero-order chi connectivity index (χ0) is 21.1. The Balaban J connectivity index is 1.39. The minimum atomic E-state index is -3.74. The molecule has 1 saturated heterocycles. The van der Waals surface area contributed by atoms with Crippen molar-refractivity contribution in [2.24, 2.45) is 0 Å². The van der Waals surface area contributed by atoms with Crippen molar-refractivity contribution in [2.45, 2.75) is 24.3 Å². The van der Waals surface area contributed by atoms with Crippen molar-refractivity contribution >= 4 is 32.4 Å². The number of carbonyl (C=O) groups is 1. The van der Waals surface area contributed by atoms with E-state index < -0.39 is 10.0 Å². The van der Waals surface area contributed by atoms with Crippen molar-refractivity contribution in [3.63, 3.8) is 0 Å². The van der Waals surface area contributed by atoms with E-state index in [1.54, 1.807) is 28.5 Å². The number of benzene rings is 2. The lowest BCUT2D eigenvalue weighted by Crippen LogP contribution is -2.31. The molecule has 2 heterocycles. The van der Waals surface area contributed by atoms with Crippen LogP contribution in [0.3, 0.4) is 0 Å². The molecule has 7 nitrogen and oxygen atoms in total. The molecule has 1 amide bonds. The van der Waals surface area contributed by atoms with Crippen LogP contribution >= 0.6 is 11.3 Å². The van der Waals surface area contributed by atoms with Gasteiger partial charge in [-0.2, -0.15) is 0 Å². The molecule has 0 radical (unpaired) electrons. The number of ether oxygens (including phenoxy) is 1. The highest BCUT2D eigenvalue weighted by atomic mass is 32.2. The van der Waals surface area contributed by atoms with Gasteiger partial charge in [-0.25, -0.2) is 13.4 Å². The number of rotatable bonds is 6. The number of aryl methyl sites for hydroxylation is 1. The summed E-state index contributed by atoms with van der Waals surface area (Å²) >= 11 is 1.08. The summed E-state index contributed by atoms with van der Waals surface area (Å²) in [6, 6.07) is 15.8. The number of amides is 1. The van der Waals surface area contributed by atoms with E-state index in [0.717, 1.165) is 29.1 Å². The molecule has 0 saturated carbocycles. The van der Waals surface area contributed by atoms with E-state index in [9.17, 15) is 13.2 Å². The van der Waals surface area contributed by atoms with Gasteiger partial charge in [0, 0.05) is 18.3 Å². The van der Waals surface area contributed by atoms with E-state index in [2.05, 4.69) is 9.71 Å². The van der Waals surface area contributed by atoms with Gasteiger partial charge in [-0.1, -0.05) is 36.4 Å². The highest BCUT2D eigenvalue weighted by Crippen LogP contribution is 2.25. The Hall–Kier alpha value is -2.91. The van der Waals surface area contributed by atoms with Gasteiger partial charge in [0.2, 0.25) is 0 Å². The fraction of sp³-hybridized carbons (Fsp3) is 0.238. The molecule has 0 bridgehead atoms. The second kappa shape index (κ2) is 8.45. The molecule has 30 heavy (non-hydrogen) atoms. The smallest absolute Gasteiger partial charge is 0.273 e. The molecule has 4 rings (SSSR count). The van der Waals surface area contributed by atoms with E-state index in [1.165, 1.54) is 12.1 Å². The van der Waals surface area contributed by atoms with Gasteiger partial charge in [0.25, 0.3) is 15.9 Å². The van der Waals surface area contributed by atoms with Gasteiger partial charge >= 0.3 is 0 Å². The first-order valence-electron chi connectivity index (χ1n) is 9.47. The number of thiazole rings is 1. The van der Waals surface area contributed by atoms with Crippen molar-refractivity contribution in [1.82, 2.24) is 9.88 Å². The SMILES string of the molecule is Cc1ccccc1O[C@H]1CCN(C(=O)c2csc(NS(=O)(=O)c3ccccc3)n2)C1. The van der Waals surface area contributed by atoms with Crippen LogP contribution in [0.4, 0.5) is 5.13 Å². The third-order valence-electron chi connectivity index (χ3n) is 4.82. The van der Waals surface area contributed by atoms with Crippen LogP contribution in [0, 0.1) is 6.92 Å². The number of sulfonamides is 1. The van der Waals surface area contributed by atoms with Crippen molar-refractivity contribution in [2.75, 3.05) is 17.8 Å². The number of nitrogens with one attached hydrogen (secondary N) is 1. The highest BCUT2D eigenvalue weighted by molar-refractivity contribution is 7.93. The summed E-state index contributed by atoms with van der Waals surface area (Å²) in [5.41, 5.74) is 1.28. The van der Waals surface area contributed by atoms with Gasteiger partial charge in [-0.3, -0.25) is 9.52 Å². The molecule has 9 heteroatoms. The van der Waals surface area contributed by atoms with Gasteiger partial charge in [-0.05, 0) is 30.7 Å². The average molecular weight is 444 g/mol. The summed E-state index contributed by atoms with van der Waals surface area (Å²) in [7, 11) is -3.74. The number of aromatic nitrogens is 1. The zero-order valence-electron chi connectivity index (χ0n) is 16.3. The summed E-state index contributed by atoms with van der Waals surface area (Å²) in [4.78, 5) is 18.8. The molecule has 1 fully saturated rings. The average Bonchev–Trinajstić information content (AvgIpc) is 3.39. The van der Waals surface area contributed by atoms with Crippen LogP contribution in [0.1, 0.15) is 22.5 Å². The predicted octanol–water partition coefficient (Wildman–Crippen LogP) is 3.55. The van der Waals surface area contributed by atoms with Gasteiger partial charge in [0.15, 0.2) is 5.13 Å². The fourth-order valence-corrected chi connectivity index (χ4v) is 5.19. The lowest BCUT2D eigenvalue weighted by Gasteiger charge is -2.17. The van der Waals surface area contributed by atoms with Crippen LogP contribution in [-0.4, -0.2) is 43.4 Å². The minimum Gasteiger partial charge on any atom is -0.488 e. The first kappa shape index (κ1) is 20.4. The molecular formula is C21H21N3O4S2. The molecule has 0 spiro atoms. The molecule has 1 N–H and O–H groups in total. The summed E-state index contributed by atoms with van der Waals surface area (Å²) in [5.74, 6) is 0.593. The maximum Gasteiger partial charge on any atom is 0.273 e. The molecular weight excluding hydrogens is 422 g/mol. The lowest BCUT2D eigenvalue weighted by atomic mass is 10.2. The van der Waals surface area contributed by atoms with E-state index in [1.807, 2.05) is 31.2 Å². The summed E-state index contributed by atoms with van der Waals surface area (Å²) < 4.78 is 33.3. The van der Waals surface area contributed by atoms with Crippen molar-refractivity contribution < 1.29 is 17.9 Å². The third-order valence-corrected chi connectivity index (χ3v) is 7.06. The number of anilines is 1. The van der Waals surface area contributed by atoms with Crippen molar-refractivity contribution in [3.8, 4) is 5.75 Å². The summed E-state index contributed by atoms with van der Waals surface area (Å²) in [5, 5.41) is 1.73. The number of hydrogen-bond acceptors (Lipinski definition) is 6. The number of nitrogens with zero attached hydrogens (tertiary/aromatic N) is 2. The molecule has 1 aliphatic heterocycles. The first-order valence-corrected chi connectivity index (χ1v) is 11.8. The number of hydrogen-bond donors (Lipinski definition) is 1. The maximum atomic E-state index is 12.8. The molecule has 3 aromatic rings. The largest absolute Gasteiger partial charge is 0.488 e. The van der Waals surface area contributed by atoms with E-state index in [-0.39, 0.29) is 27.7 Å². The molecule has 2 aromatic carbocycles. The van der Waals surface area contributed by atoms with E-state index in [0.29, 0.717) is 13.1 Å². The molecule has 0 unspecified atom stereocenters. The molecule has 1 aromatic heterocycles. The maximum absolute atomic E-state index is 12.8. The van der Waals surface area contributed by atoms with Crippen molar-refractivity contribution in [1.29, 1.82) is 0 Å². The topological polar surface area (TPSA) is 88.6 Å². The fourth-order valence-electron chi connectivity index (χ4n) is 3.23. The quantitative estimate of drug-likeness (QED) is 0.629. The standard InChI is InChI=1S/C21H21N3O4S2/c1-15-7-5-6-10-19(15)28-16-11-12-24(13-16)20(25)18-14-29-21(22-18)23-30(26,27)17-8-3-2-4-9-17/h2-10,14,16H,11-13H2,1H3,(H,22,23)/t16-/m0/s1. The first-order chi connectivity index (χ1) is 14.4. The van der Waals surface area contributed by atoms with Crippen LogP contribution < -0.4 is 9.46 Å². The summed E-state index contributed by atoms with van der Waals surface area (Å²) in [6.07, 6.45) is 0.655. The molecule has 0 aliphatic carbocycles. The van der Waals surface area contributed by atoms with Crippen LogP contribution in [0.5, 0.6) is 5.75 Å². The molecule has 1 aliphatic rings. The lowest BCUT2D eigenvalue weighted by molar-refractivity contribution is 0.0767. The Morgan fingerprint density at radius 1 is 1.17 bits per heavy atom. The monoisotopic (exact) mass is 443 g/mol. The predicted molar refractivity (Wildman–Crippen MR) is 115 cm³/mol. The Labute approximate surface area is 179 Å². The van der Waals surface area contributed by atoms with Gasteiger partial charge in [-0.15, -0.1) is 11.3 Å². The summed E-state index contributed by atoms with van der Waals surface area (Å²) in [6.45, 7) is 3.02. The number of carbonyl (C=O) groups excluding carboxylic acids is 1. The second-order valence-electron chi connectivity index (χ2n) is 7.00. The normalized spacial score (nSPS) is 16.4. The van der Waals surface area contributed by atoms with Crippen molar-refractivity contribution in [3.05, 3.63) is 71.2 Å².